The Labute approximate surface area is 276 Å². The van der Waals surface area contributed by atoms with Crippen LogP contribution in [0, 0.1) is 0 Å². The van der Waals surface area contributed by atoms with Gasteiger partial charge in [-0.05, 0) is 112 Å². The van der Waals surface area contributed by atoms with Gasteiger partial charge in [0.25, 0.3) is 0 Å². The second kappa shape index (κ2) is 11.7. The minimum atomic E-state index is -0.553. The smallest absolute Gasteiger partial charge is 0.408 e. The molecule has 8 rings (SSSR count). The van der Waals surface area contributed by atoms with E-state index in [1.165, 1.54) is 34.4 Å². The number of benzene rings is 3. The van der Waals surface area contributed by atoms with Gasteiger partial charge in [0.15, 0.2) is 0 Å². The number of aryl methyl sites for hydroxylation is 2. The molecule has 4 N–H and O–H groups in total. The number of imidazole rings is 2. The zero-order valence-electron chi connectivity index (χ0n) is 27.6. The van der Waals surface area contributed by atoms with Crippen molar-refractivity contribution in [3.05, 3.63) is 83.6 Å². The highest BCUT2D eigenvalue weighted by atomic mass is 16.6. The topological polar surface area (TPSA) is 108 Å². The van der Waals surface area contributed by atoms with E-state index in [0.717, 1.165) is 97.4 Å². The standard InChI is InChI=1S/C39H44N6O2/c1-38(2,3)47-37(46)45-39(19-4-5-20-39)36-42-30-18-16-27(23-33(30)43-36)25-13-11-24(12-14-25)26-15-17-29-28(22-26)8-6-9-31-34(29)44-35(41-31)32-10-7-21-40-32/h11-18,22-23,32,40H,4-10,19-21H2,1-3H3,(H,41,44)(H,42,43)(H,45,46)/t32-/m0/s1. The second-order valence-corrected chi connectivity index (χ2v) is 14.6. The van der Waals surface area contributed by atoms with Gasteiger partial charge < -0.3 is 25.3 Å². The van der Waals surface area contributed by atoms with Gasteiger partial charge in [-0.25, -0.2) is 14.8 Å². The summed E-state index contributed by atoms with van der Waals surface area (Å²) in [5.74, 6) is 1.90. The molecule has 1 aliphatic heterocycles. The van der Waals surface area contributed by atoms with Crippen LogP contribution in [-0.4, -0.2) is 38.2 Å². The van der Waals surface area contributed by atoms with E-state index in [4.69, 9.17) is 14.7 Å². The first-order chi connectivity index (χ1) is 22.7. The average Bonchev–Trinajstić information content (AvgIpc) is 3.86. The third-order valence-electron chi connectivity index (χ3n) is 10.1. The molecule has 1 saturated carbocycles. The molecule has 3 aliphatic rings. The summed E-state index contributed by atoms with van der Waals surface area (Å²) in [7, 11) is 0. The first kappa shape index (κ1) is 29.9. The lowest BCUT2D eigenvalue weighted by molar-refractivity contribution is 0.0448. The molecular weight excluding hydrogens is 584 g/mol. The van der Waals surface area contributed by atoms with Crippen LogP contribution in [0.2, 0.25) is 0 Å². The summed E-state index contributed by atoms with van der Waals surface area (Å²) >= 11 is 0. The van der Waals surface area contributed by atoms with Crippen molar-refractivity contribution in [2.24, 2.45) is 0 Å². The van der Waals surface area contributed by atoms with E-state index in [9.17, 15) is 4.79 Å². The van der Waals surface area contributed by atoms with Crippen LogP contribution in [0.3, 0.4) is 0 Å². The van der Waals surface area contributed by atoms with E-state index in [2.05, 4.69) is 81.3 Å². The first-order valence-electron chi connectivity index (χ1n) is 17.3. The molecule has 0 radical (unpaired) electrons. The van der Waals surface area contributed by atoms with Gasteiger partial charge in [0.2, 0.25) is 0 Å². The Hall–Kier alpha value is -4.43. The summed E-state index contributed by atoms with van der Waals surface area (Å²) in [5, 5.41) is 6.76. The van der Waals surface area contributed by atoms with E-state index in [1.54, 1.807) is 0 Å². The van der Waals surface area contributed by atoms with Crippen molar-refractivity contribution in [1.82, 2.24) is 30.6 Å². The average molecular weight is 629 g/mol. The maximum absolute atomic E-state index is 12.8. The minimum Gasteiger partial charge on any atom is -0.444 e. The number of rotatable bonds is 5. The number of amides is 1. The van der Waals surface area contributed by atoms with Crippen LogP contribution in [-0.2, 0) is 23.1 Å². The van der Waals surface area contributed by atoms with Crippen molar-refractivity contribution in [2.75, 3.05) is 6.54 Å². The summed E-state index contributed by atoms with van der Waals surface area (Å²) in [6.07, 6.45) is 8.94. The lowest BCUT2D eigenvalue weighted by Gasteiger charge is -2.30. The Bertz CT molecular complexity index is 1930. The molecule has 1 amide bonds. The number of nitrogens with zero attached hydrogens (tertiary/aromatic N) is 2. The highest BCUT2D eigenvalue weighted by molar-refractivity contribution is 5.83. The highest BCUT2D eigenvalue weighted by Crippen LogP contribution is 2.39. The summed E-state index contributed by atoms with van der Waals surface area (Å²) in [4.78, 5) is 30.1. The van der Waals surface area contributed by atoms with Gasteiger partial charge in [-0.1, -0.05) is 61.4 Å². The largest absolute Gasteiger partial charge is 0.444 e. The molecule has 3 heterocycles. The number of H-pyrrole nitrogens is 2. The normalized spacial score (nSPS) is 18.9. The fourth-order valence-corrected chi connectivity index (χ4v) is 7.75. The van der Waals surface area contributed by atoms with Crippen LogP contribution in [0.15, 0.2) is 60.7 Å². The Morgan fingerprint density at radius 2 is 1.57 bits per heavy atom. The maximum Gasteiger partial charge on any atom is 0.408 e. The zero-order valence-corrected chi connectivity index (χ0v) is 27.6. The summed E-state index contributed by atoms with van der Waals surface area (Å²) in [5.41, 5.74) is 10.6. The Morgan fingerprint density at radius 1 is 0.851 bits per heavy atom. The van der Waals surface area contributed by atoms with Crippen LogP contribution in [0.1, 0.15) is 94.7 Å². The molecule has 47 heavy (non-hydrogen) atoms. The molecule has 8 heteroatoms. The Kier molecular flexibility index (Phi) is 7.43. The van der Waals surface area contributed by atoms with E-state index < -0.39 is 17.2 Å². The molecule has 5 aromatic rings. The predicted molar refractivity (Wildman–Crippen MR) is 186 cm³/mol. The molecule has 3 aromatic carbocycles. The third-order valence-corrected chi connectivity index (χ3v) is 10.1. The van der Waals surface area contributed by atoms with Gasteiger partial charge in [0.05, 0.1) is 22.8 Å². The van der Waals surface area contributed by atoms with Gasteiger partial charge in [-0.2, -0.15) is 0 Å². The number of hydrogen-bond acceptors (Lipinski definition) is 5. The summed E-state index contributed by atoms with van der Waals surface area (Å²) in [6.45, 7) is 6.73. The quantitative estimate of drug-likeness (QED) is 0.156. The second-order valence-electron chi connectivity index (χ2n) is 14.6. The number of hydrogen-bond donors (Lipinski definition) is 4. The number of nitrogens with one attached hydrogen (secondary N) is 4. The van der Waals surface area contributed by atoms with E-state index in [1.807, 2.05) is 20.8 Å². The number of aromatic nitrogens is 4. The fourth-order valence-electron chi connectivity index (χ4n) is 7.75. The predicted octanol–water partition coefficient (Wildman–Crippen LogP) is 8.49. The van der Waals surface area contributed by atoms with Crippen molar-refractivity contribution < 1.29 is 9.53 Å². The lowest BCUT2D eigenvalue weighted by Crippen LogP contribution is -2.46. The number of carbonyl (C=O) groups is 1. The summed E-state index contributed by atoms with van der Waals surface area (Å²) < 4.78 is 5.61. The monoisotopic (exact) mass is 628 g/mol. The number of ether oxygens (including phenoxy) is 1. The highest BCUT2D eigenvalue weighted by Gasteiger charge is 2.41. The minimum absolute atomic E-state index is 0.351. The van der Waals surface area contributed by atoms with Crippen molar-refractivity contribution in [2.45, 2.75) is 95.7 Å². The van der Waals surface area contributed by atoms with E-state index >= 15 is 0 Å². The van der Waals surface area contributed by atoms with Gasteiger partial charge in [0.1, 0.15) is 22.8 Å². The van der Waals surface area contributed by atoms with Crippen molar-refractivity contribution in [1.29, 1.82) is 0 Å². The SMILES string of the molecule is CC(C)(C)OC(=O)NC1(c2nc3ccc(-c4ccc(-c5ccc6c(c5)CCCc5[nH]c([C@@H]7CCCN7)nc5-6)cc4)cc3[nH]2)CCCC1. The van der Waals surface area contributed by atoms with Gasteiger partial charge in [-0.3, -0.25) is 0 Å². The third kappa shape index (κ3) is 5.84. The van der Waals surface area contributed by atoms with Gasteiger partial charge in [0, 0.05) is 11.3 Å². The van der Waals surface area contributed by atoms with Crippen molar-refractivity contribution >= 4 is 17.1 Å². The molecule has 1 atom stereocenters. The molecule has 8 nitrogen and oxygen atoms in total. The lowest BCUT2D eigenvalue weighted by atomic mass is 9.95. The fraction of sp³-hybridized carbons (Fsp3) is 0.410. The molecule has 0 spiro atoms. The zero-order chi connectivity index (χ0) is 32.2. The van der Waals surface area contributed by atoms with Gasteiger partial charge in [-0.15, -0.1) is 0 Å². The van der Waals surface area contributed by atoms with Crippen LogP contribution in [0.4, 0.5) is 4.79 Å². The molecule has 2 fully saturated rings. The van der Waals surface area contributed by atoms with Crippen molar-refractivity contribution in [3.63, 3.8) is 0 Å². The first-order valence-corrected chi connectivity index (χ1v) is 17.3. The van der Waals surface area contributed by atoms with E-state index in [0.29, 0.717) is 6.04 Å². The van der Waals surface area contributed by atoms with Crippen molar-refractivity contribution in [3.8, 4) is 33.5 Å². The molecule has 0 bridgehead atoms. The summed E-state index contributed by atoms with van der Waals surface area (Å²) in [6, 6.07) is 22.4. The van der Waals surface area contributed by atoms with Crippen LogP contribution < -0.4 is 10.6 Å². The number of aromatic amines is 2. The molecule has 0 unspecified atom stereocenters. The van der Waals surface area contributed by atoms with Crippen LogP contribution in [0.25, 0.3) is 44.5 Å². The molecular formula is C39H44N6O2. The molecule has 1 saturated heterocycles. The van der Waals surface area contributed by atoms with Crippen LogP contribution >= 0.6 is 0 Å². The van der Waals surface area contributed by atoms with Gasteiger partial charge >= 0.3 is 6.09 Å². The van der Waals surface area contributed by atoms with E-state index in [-0.39, 0.29) is 0 Å². The number of carbonyl (C=O) groups excluding carboxylic acids is 1. The number of alkyl carbamates (subject to hydrolysis) is 1. The molecule has 2 aromatic heterocycles. The molecule has 2 aliphatic carbocycles. The maximum atomic E-state index is 12.8. The number of fused-ring (bicyclic) bond motifs is 4. The Morgan fingerprint density at radius 3 is 2.30 bits per heavy atom. The Balaban J connectivity index is 1.03. The molecule has 242 valence electrons. The van der Waals surface area contributed by atoms with Crippen LogP contribution in [0.5, 0.6) is 0 Å².